The fourth-order valence-corrected chi connectivity index (χ4v) is 6.17. The molecule has 1 amide bonds. The van der Waals surface area contributed by atoms with E-state index in [4.69, 9.17) is 4.74 Å². The molecule has 0 bridgehead atoms. The quantitative estimate of drug-likeness (QED) is 0.340. The van der Waals surface area contributed by atoms with Crippen LogP contribution in [0.1, 0.15) is 48.0 Å². The molecule has 6 heteroatoms. The van der Waals surface area contributed by atoms with Gasteiger partial charge in [-0.1, -0.05) is 37.3 Å². The van der Waals surface area contributed by atoms with Gasteiger partial charge in [0.25, 0.3) is 5.91 Å². The Labute approximate surface area is 196 Å². The number of nitrogens with zero attached hydrogens (tertiary/aromatic N) is 1. The number of amides is 1. The second kappa shape index (κ2) is 6.62. The summed E-state index contributed by atoms with van der Waals surface area (Å²) in [4.78, 5) is 16.9. The minimum absolute atomic E-state index is 0.0206. The first-order valence-electron chi connectivity index (χ1n) is 12.0. The van der Waals surface area contributed by atoms with Crippen LogP contribution in [0.3, 0.4) is 0 Å². The van der Waals surface area contributed by atoms with E-state index in [9.17, 15) is 9.90 Å². The lowest BCUT2D eigenvalue weighted by Crippen LogP contribution is -2.28. The molecule has 5 aromatic rings. The van der Waals surface area contributed by atoms with E-state index in [1.54, 1.807) is 0 Å². The van der Waals surface area contributed by atoms with E-state index in [0.717, 1.165) is 60.3 Å². The Hall–Kier alpha value is -3.35. The predicted molar refractivity (Wildman–Crippen MR) is 134 cm³/mol. The molecule has 2 aromatic heterocycles. The monoisotopic (exact) mass is 453 g/mol. The van der Waals surface area contributed by atoms with Crippen LogP contribution in [0.25, 0.3) is 43.6 Å². The zero-order valence-electron chi connectivity index (χ0n) is 19.5. The van der Waals surface area contributed by atoms with E-state index in [1.807, 2.05) is 19.1 Å². The highest BCUT2D eigenvalue weighted by molar-refractivity contribution is 6.30. The maximum absolute atomic E-state index is 13.2. The van der Waals surface area contributed by atoms with Gasteiger partial charge in [-0.15, -0.1) is 0 Å². The molecule has 1 fully saturated rings. The molecule has 0 saturated carbocycles. The number of carbonyl (C=O) groups is 1. The standard InChI is InChI=1S/C28H27N3O3/c1-14-8-9-17-20(10-14)31(21-11-28(3,13-32)15(2)34-21)26-23(17)24-18(12-29-27(24)33)22-16-6-4-5-7-19(16)30-25(22)26/h4-10,15,21,30,32H,11-13H2,1-3H3,(H,29,33)/t15-,21+,28+/m0/s1. The smallest absolute Gasteiger partial charge is 0.252 e. The molecule has 2 aliphatic heterocycles. The number of H-pyrrole nitrogens is 1. The Balaban J connectivity index is 1.71. The van der Waals surface area contributed by atoms with Gasteiger partial charge in [-0.05, 0) is 37.1 Å². The van der Waals surface area contributed by atoms with Crippen molar-refractivity contribution in [3.8, 4) is 0 Å². The number of aromatic amines is 1. The molecule has 0 spiro atoms. The van der Waals surface area contributed by atoms with Gasteiger partial charge in [0.15, 0.2) is 0 Å². The lowest BCUT2D eigenvalue weighted by atomic mass is 9.84. The Bertz CT molecular complexity index is 1680. The molecule has 3 aromatic carbocycles. The van der Waals surface area contributed by atoms with Gasteiger partial charge in [-0.2, -0.15) is 0 Å². The largest absolute Gasteiger partial charge is 0.396 e. The maximum atomic E-state index is 13.2. The van der Waals surface area contributed by atoms with Gasteiger partial charge >= 0.3 is 0 Å². The Morgan fingerprint density at radius 2 is 2.00 bits per heavy atom. The lowest BCUT2D eigenvalue weighted by molar-refractivity contribution is -0.0117. The van der Waals surface area contributed by atoms with Crippen LogP contribution in [0, 0.1) is 12.3 Å². The van der Waals surface area contributed by atoms with Crippen molar-refractivity contribution in [2.24, 2.45) is 5.41 Å². The lowest BCUT2D eigenvalue weighted by Gasteiger charge is -2.23. The molecule has 1 saturated heterocycles. The number of benzene rings is 3. The van der Waals surface area contributed by atoms with Crippen LogP contribution < -0.4 is 5.32 Å². The number of para-hydroxylation sites is 1. The number of nitrogens with one attached hydrogen (secondary N) is 2. The van der Waals surface area contributed by atoms with Crippen LogP contribution in [0.4, 0.5) is 0 Å². The molecule has 3 N–H and O–H groups in total. The normalized spacial score (nSPS) is 24.6. The first-order chi connectivity index (χ1) is 16.4. The van der Waals surface area contributed by atoms with Crippen molar-refractivity contribution in [2.75, 3.05) is 6.61 Å². The highest BCUT2D eigenvalue weighted by atomic mass is 16.5. The number of hydrogen-bond donors (Lipinski definition) is 3. The summed E-state index contributed by atoms with van der Waals surface area (Å²) in [5.41, 5.74) is 6.81. The predicted octanol–water partition coefficient (Wildman–Crippen LogP) is 5.29. The minimum Gasteiger partial charge on any atom is -0.396 e. The summed E-state index contributed by atoms with van der Waals surface area (Å²) in [5, 5.41) is 17.5. The number of carbonyl (C=O) groups excluding carboxylic acids is 1. The fraction of sp³-hybridized carbons (Fsp3) is 0.321. The number of aliphatic hydroxyl groups excluding tert-OH is 1. The SMILES string of the molecule is Cc1ccc2c3c4c(c5c6ccccc6[nH]c5c3n([C@H]3C[C@](C)(CO)[C@H](C)O3)c2c1)CNC4=O. The molecule has 2 aliphatic rings. The van der Waals surface area contributed by atoms with Crippen LogP contribution in [-0.2, 0) is 11.3 Å². The topological polar surface area (TPSA) is 79.3 Å². The van der Waals surface area contributed by atoms with Gasteiger partial charge in [0, 0.05) is 45.4 Å². The Morgan fingerprint density at radius 3 is 2.79 bits per heavy atom. The summed E-state index contributed by atoms with van der Waals surface area (Å²) in [6, 6.07) is 14.7. The zero-order valence-corrected chi connectivity index (χ0v) is 19.5. The molecule has 0 aliphatic carbocycles. The van der Waals surface area contributed by atoms with Crippen molar-refractivity contribution >= 4 is 49.5 Å². The zero-order chi connectivity index (χ0) is 23.4. The fourth-order valence-electron chi connectivity index (χ4n) is 6.17. The highest BCUT2D eigenvalue weighted by Crippen LogP contribution is 2.49. The molecular formula is C28H27N3O3. The van der Waals surface area contributed by atoms with Gasteiger partial charge in [0.05, 0.1) is 34.8 Å². The summed E-state index contributed by atoms with van der Waals surface area (Å²) in [5.74, 6) is -0.0206. The number of hydrogen-bond acceptors (Lipinski definition) is 3. The van der Waals surface area contributed by atoms with Crippen molar-refractivity contribution in [3.63, 3.8) is 0 Å². The average molecular weight is 454 g/mol. The molecule has 172 valence electrons. The third-order valence-electron chi connectivity index (χ3n) is 8.24. The van der Waals surface area contributed by atoms with Crippen LogP contribution in [0.2, 0.25) is 0 Å². The number of ether oxygens (including phenoxy) is 1. The summed E-state index contributed by atoms with van der Waals surface area (Å²) in [6.45, 7) is 6.81. The molecule has 0 radical (unpaired) electrons. The molecule has 3 atom stereocenters. The van der Waals surface area contributed by atoms with E-state index >= 15 is 0 Å². The highest BCUT2D eigenvalue weighted by Gasteiger charge is 2.44. The molecule has 7 rings (SSSR count). The Kier molecular flexibility index (Phi) is 3.90. The van der Waals surface area contributed by atoms with Crippen LogP contribution in [0.15, 0.2) is 42.5 Å². The molecule has 0 unspecified atom stereocenters. The van der Waals surface area contributed by atoms with E-state index in [-0.39, 0.29) is 30.3 Å². The number of rotatable bonds is 2. The minimum atomic E-state index is -0.328. The molecular weight excluding hydrogens is 426 g/mol. The van der Waals surface area contributed by atoms with Gasteiger partial charge in [0.2, 0.25) is 0 Å². The van der Waals surface area contributed by atoms with Crippen molar-refractivity contribution in [3.05, 3.63) is 59.2 Å². The second-order valence-corrected chi connectivity index (χ2v) is 10.3. The number of aromatic nitrogens is 2. The van der Waals surface area contributed by atoms with Crippen LogP contribution >= 0.6 is 0 Å². The van der Waals surface area contributed by atoms with Crippen LogP contribution in [0.5, 0.6) is 0 Å². The summed E-state index contributed by atoms with van der Waals surface area (Å²) < 4.78 is 8.80. The van der Waals surface area contributed by atoms with E-state index < -0.39 is 0 Å². The molecule has 34 heavy (non-hydrogen) atoms. The number of fused-ring (bicyclic) bond motifs is 10. The first-order valence-corrected chi connectivity index (χ1v) is 12.0. The van der Waals surface area contributed by atoms with Crippen molar-refractivity contribution < 1.29 is 14.6 Å². The van der Waals surface area contributed by atoms with Gasteiger partial charge < -0.3 is 24.7 Å². The van der Waals surface area contributed by atoms with Crippen molar-refractivity contribution in [1.29, 1.82) is 0 Å². The number of aryl methyl sites for hydroxylation is 1. The van der Waals surface area contributed by atoms with Crippen molar-refractivity contribution in [2.45, 2.75) is 46.1 Å². The second-order valence-electron chi connectivity index (χ2n) is 10.3. The third kappa shape index (κ3) is 2.39. The summed E-state index contributed by atoms with van der Waals surface area (Å²) in [6.07, 6.45) is 0.365. The first kappa shape index (κ1) is 20.1. The summed E-state index contributed by atoms with van der Waals surface area (Å²) >= 11 is 0. The maximum Gasteiger partial charge on any atom is 0.252 e. The average Bonchev–Trinajstić information content (AvgIpc) is 3.55. The van der Waals surface area contributed by atoms with Gasteiger partial charge in [-0.3, -0.25) is 4.79 Å². The van der Waals surface area contributed by atoms with Gasteiger partial charge in [0.1, 0.15) is 6.23 Å². The number of aliphatic hydroxyl groups is 1. The van der Waals surface area contributed by atoms with E-state index in [1.165, 1.54) is 0 Å². The van der Waals surface area contributed by atoms with Crippen LogP contribution in [-0.4, -0.2) is 33.3 Å². The molecule has 6 nitrogen and oxygen atoms in total. The van der Waals surface area contributed by atoms with E-state index in [0.29, 0.717) is 13.0 Å². The summed E-state index contributed by atoms with van der Waals surface area (Å²) in [7, 11) is 0. The third-order valence-corrected chi connectivity index (χ3v) is 8.24. The van der Waals surface area contributed by atoms with Gasteiger partial charge in [-0.25, -0.2) is 0 Å². The van der Waals surface area contributed by atoms with E-state index in [2.05, 4.69) is 59.0 Å². The van der Waals surface area contributed by atoms with Crippen molar-refractivity contribution in [1.82, 2.24) is 14.9 Å². The Morgan fingerprint density at radius 1 is 1.18 bits per heavy atom. The molecule has 4 heterocycles.